The first-order chi connectivity index (χ1) is 8.24. The van der Waals surface area contributed by atoms with Crippen LogP contribution >= 0.6 is 34.2 Å². The van der Waals surface area contributed by atoms with Crippen LogP contribution in [0.3, 0.4) is 0 Å². The van der Waals surface area contributed by atoms with Crippen molar-refractivity contribution in [2.24, 2.45) is 0 Å². The zero-order chi connectivity index (χ0) is 12.1. The molecular weight excluding hydrogens is 349 g/mol. The van der Waals surface area contributed by atoms with Crippen LogP contribution in [0.1, 0.15) is 5.56 Å². The average molecular weight is 360 g/mol. The number of nitrogens with one attached hydrogen (secondary N) is 1. The maximum atomic E-state index is 5.82. The van der Waals surface area contributed by atoms with Crippen molar-refractivity contribution >= 4 is 40.1 Å². The van der Waals surface area contributed by atoms with E-state index in [1.54, 1.807) is 12.4 Å². The van der Waals surface area contributed by atoms with Gasteiger partial charge in [-0.15, -0.1) is 0 Å². The zero-order valence-electron chi connectivity index (χ0n) is 9.03. The van der Waals surface area contributed by atoms with E-state index in [9.17, 15) is 0 Å². The molecule has 0 unspecified atom stereocenters. The molecule has 0 saturated heterocycles. The fourth-order valence-corrected chi connectivity index (χ4v) is 1.78. The van der Waals surface area contributed by atoms with Crippen LogP contribution in [0.2, 0.25) is 5.02 Å². The summed E-state index contributed by atoms with van der Waals surface area (Å²) in [4.78, 5) is 8.35. The number of hydrogen-bond donors (Lipinski definition) is 1. The molecule has 2 aromatic rings. The molecule has 88 valence electrons. The van der Waals surface area contributed by atoms with Crippen LogP contribution in [0.25, 0.3) is 0 Å². The van der Waals surface area contributed by atoms with Crippen molar-refractivity contribution in [3.63, 3.8) is 0 Å². The Balaban J connectivity index is 1.83. The molecule has 0 aliphatic heterocycles. The predicted molar refractivity (Wildman–Crippen MR) is 78.4 cm³/mol. The summed E-state index contributed by atoms with van der Waals surface area (Å²) >= 11 is 8.00. The van der Waals surface area contributed by atoms with Crippen LogP contribution in [-0.4, -0.2) is 16.5 Å². The number of hydrogen-bond acceptors (Lipinski definition) is 3. The Bertz CT molecular complexity index is 425. The Labute approximate surface area is 119 Å². The van der Waals surface area contributed by atoms with E-state index in [2.05, 4.69) is 37.9 Å². The highest BCUT2D eigenvalue weighted by atomic mass is 127. The van der Waals surface area contributed by atoms with Crippen molar-refractivity contribution in [3.8, 4) is 0 Å². The van der Waals surface area contributed by atoms with Crippen molar-refractivity contribution in [1.82, 2.24) is 9.97 Å². The van der Waals surface area contributed by atoms with E-state index in [0.29, 0.717) is 5.95 Å². The van der Waals surface area contributed by atoms with E-state index in [0.717, 1.165) is 21.6 Å². The summed E-state index contributed by atoms with van der Waals surface area (Å²) < 4.78 is 1.03. The van der Waals surface area contributed by atoms with Gasteiger partial charge in [0, 0.05) is 27.5 Å². The molecule has 5 heteroatoms. The zero-order valence-corrected chi connectivity index (χ0v) is 11.9. The number of aromatic nitrogens is 2. The van der Waals surface area contributed by atoms with Crippen molar-refractivity contribution < 1.29 is 0 Å². The summed E-state index contributed by atoms with van der Waals surface area (Å²) in [6, 6.07) is 7.86. The lowest BCUT2D eigenvalue weighted by Gasteiger charge is -2.04. The maximum Gasteiger partial charge on any atom is 0.222 e. The summed E-state index contributed by atoms with van der Waals surface area (Å²) in [5.41, 5.74) is 1.24. The first-order valence-electron chi connectivity index (χ1n) is 5.20. The van der Waals surface area contributed by atoms with Gasteiger partial charge in [0.05, 0.1) is 0 Å². The molecule has 17 heavy (non-hydrogen) atoms. The molecule has 1 N–H and O–H groups in total. The highest BCUT2D eigenvalue weighted by Gasteiger charge is 1.96. The number of halogens is 2. The molecule has 0 aliphatic rings. The van der Waals surface area contributed by atoms with Gasteiger partial charge in [-0.3, -0.25) is 0 Å². The minimum absolute atomic E-state index is 0.666. The van der Waals surface area contributed by atoms with Crippen LogP contribution in [0.15, 0.2) is 36.7 Å². The van der Waals surface area contributed by atoms with Gasteiger partial charge in [-0.1, -0.05) is 23.7 Å². The van der Waals surface area contributed by atoms with E-state index >= 15 is 0 Å². The van der Waals surface area contributed by atoms with Gasteiger partial charge < -0.3 is 5.32 Å². The maximum absolute atomic E-state index is 5.82. The van der Waals surface area contributed by atoms with Crippen LogP contribution in [-0.2, 0) is 6.42 Å². The number of anilines is 1. The summed E-state index contributed by atoms with van der Waals surface area (Å²) in [6.45, 7) is 0.808. The molecule has 3 nitrogen and oxygen atoms in total. The summed E-state index contributed by atoms with van der Waals surface area (Å²) in [5, 5.41) is 3.94. The van der Waals surface area contributed by atoms with Gasteiger partial charge in [-0.25, -0.2) is 9.97 Å². The Morgan fingerprint density at radius 3 is 2.41 bits per heavy atom. The lowest BCUT2D eigenvalue weighted by molar-refractivity contribution is 0.981. The van der Waals surface area contributed by atoms with Gasteiger partial charge in [-0.05, 0) is 46.7 Å². The third-order valence-electron chi connectivity index (χ3n) is 2.23. The third kappa shape index (κ3) is 4.12. The van der Waals surface area contributed by atoms with Crippen LogP contribution in [0, 0.1) is 3.57 Å². The molecule has 0 spiro atoms. The Kier molecular flexibility index (Phi) is 4.56. The quantitative estimate of drug-likeness (QED) is 0.850. The number of rotatable bonds is 4. The largest absolute Gasteiger partial charge is 0.354 e. The second-order valence-electron chi connectivity index (χ2n) is 3.53. The average Bonchev–Trinajstić information content (AvgIpc) is 2.34. The molecule has 0 atom stereocenters. The Morgan fingerprint density at radius 2 is 1.76 bits per heavy atom. The van der Waals surface area contributed by atoms with Gasteiger partial charge in [-0.2, -0.15) is 0 Å². The fraction of sp³-hybridized carbons (Fsp3) is 0.167. The van der Waals surface area contributed by atoms with Gasteiger partial charge in [0.25, 0.3) is 0 Å². The lowest BCUT2D eigenvalue weighted by atomic mass is 10.1. The van der Waals surface area contributed by atoms with Crippen LogP contribution in [0.5, 0.6) is 0 Å². The van der Waals surface area contributed by atoms with Crippen LogP contribution < -0.4 is 5.32 Å². The van der Waals surface area contributed by atoms with Gasteiger partial charge in [0.2, 0.25) is 5.95 Å². The minimum Gasteiger partial charge on any atom is -0.354 e. The third-order valence-corrected chi connectivity index (χ3v) is 3.04. The van der Waals surface area contributed by atoms with Gasteiger partial charge in [0.1, 0.15) is 0 Å². The second-order valence-corrected chi connectivity index (χ2v) is 5.21. The first kappa shape index (κ1) is 12.6. The molecule has 1 aromatic heterocycles. The molecule has 1 aromatic carbocycles. The molecule has 0 amide bonds. The highest BCUT2D eigenvalue weighted by Crippen LogP contribution is 2.10. The first-order valence-corrected chi connectivity index (χ1v) is 6.65. The SMILES string of the molecule is Clc1ccc(CCNc2ncc(I)cn2)cc1. The van der Waals surface area contributed by atoms with E-state index < -0.39 is 0 Å². The molecule has 0 aliphatic carbocycles. The smallest absolute Gasteiger partial charge is 0.222 e. The molecular formula is C12H11ClIN3. The molecule has 0 saturated carbocycles. The number of nitrogens with zero attached hydrogens (tertiary/aromatic N) is 2. The Morgan fingerprint density at radius 1 is 1.12 bits per heavy atom. The molecule has 0 fully saturated rings. The highest BCUT2D eigenvalue weighted by molar-refractivity contribution is 14.1. The summed E-state index contributed by atoms with van der Waals surface area (Å²) in [6.07, 6.45) is 4.50. The van der Waals surface area contributed by atoms with Crippen molar-refractivity contribution in [1.29, 1.82) is 0 Å². The molecule has 1 heterocycles. The standard InChI is InChI=1S/C12H11ClIN3/c13-10-3-1-9(2-4-10)5-6-15-12-16-7-11(14)8-17-12/h1-4,7-8H,5-6H2,(H,15,16,17). The van der Waals surface area contributed by atoms with Gasteiger partial charge >= 0.3 is 0 Å². The van der Waals surface area contributed by atoms with Crippen molar-refractivity contribution in [2.45, 2.75) is 6.42 Å². The minimum atomic E-state index is 0.666. The topological polar surface area (TPSA) is 37.8 Å². The van der Waals surface area contributed by atoms with E-state index in [1.807, 2.05) is 24.3 Å². The normalized spacial score (nSPS) is 10.2. The van der Waals surface area contributed by atoms with Crippen LogP contribution in [0.4, 0.5) is 5.95 Å². The Hall–Kier alpha value is -0.880. The summed E-state index contributed by atoms with van der Waals surface area (Å²) in [5.74, 6) is 0.666. The van der Waals surface area contributed by atoms with E-state index in [1.165, 1.54) is 5.56 Å². The second kappa shape index (κ2) is 6.16. The predicted octanol–water partition coefficient (Wildman–Crippen LogP) is 3.39. The lowest BCUT2D eigenvalue weighted by Crippen LogP contribution is -2.07. The fourth-order valence-electron chi connectivity index (χ4n) is 1.37. The van der Waals surface area contributed by atoms with E-state index in [-0.39, 0.29) is 0 Å². The van der Waals surface area contributed by atoms with E-state index in [4.69, 9.17) is 11.6 Å². The molecule has 0 radical (unpaired) electrons. The van der Waals surface area contributed by atoms with Crippen molar-refractivity contribution in [3.05, 3.63) is 50.8 Å². The molecule has 2 rings (SSSR count). The van der Waals surface area contributed by atoms with Crippen molar-refractivity contribution in [2.75, 3.05) is 11.9 Å². The monoisotopic (exact) mass is 359 g/mol. The number of benzene rings is 1. The molecule has 0 bridgehead atoms. The van der Waals surface area contributed by atoms with Gasteiger partial charge in [0.15, 0.2) is 0 Å². The summed E-state index contributed by atoms with van der Waals surface area (Å²) in [7, 11) is 0.